The molecule has 0 fully saturated rings. The number of benzene rings is 2. The van der Waals surface area contributed by atoms with E-state index in [1.807, 2.05) is 43.3 Å². The highest BCUT2D eigenvalue weighted by Crippen LogP contribution is 2.47. The van der Waals surface area contributed by atoms with Crippen LogP contribution in [-0.4, -0.2) is 51.1 Å². The van der Waals surface area contributed by atoms with Crippen LogP contribution in [0.3, 0.4) is 0 Å². The second-order valence-electron chi connectivity index (χ2n) is 8.83. The van der Waals surface area contributed by atoms with E-state index >= 15 is 0 Å². The average Bonchev–Trinajstić information content (AvgIpc) is 2.98. The number of allylic oxidation sites excluding steroid dienone is 4. The first-order valence-electron chi connectivity index (χ1n) is 11.8. The SMILES string of the molecule is COC1=CC=C(C2=C(OC(C)=O)C(=O)N(CCN(C)C)c3ccc(Oc4ccc(F)cc4)cc3S2)CC1. The lowest BCUT2D eigenvalue weighted by atomic mass is 10.0. The summed E-state index contributed by atoms with van der Waals surface area (Å²) < 4.78 is 30.2. The second-order valence-corrected chi connectivity index (χ2v) is 9.88. The summed E-state index contributed by atoms with van der Waals surface area (Å²) >= 11 is 1.36. The molecule has 4 rings (SSSR count). The minimum Gasteiger partial charge on any atom is -0.501 e. The van der Waals surface area contributed by atoms with Gasteiger partial charge in [-0.15, -0.1) is 0 Å². The fraction of sp³-hybridized carbons (Fsp3) is 0.286. The number of carbonyl (C=O) groups is 2. The number of amides is 1. The summed E-state index contributed by atoms with van der Waals surface area (Å²) in [6.07, 6.45) is 5.05. The van der Waals surface area contributed by atoms with Gasteiger partial charge >= 0.3 is 5.97 Å². The van der Waals surface area contributed by atoms with Crippen molar-refractivity contribution >= 4 is 29.3 Å². The van der Waals surface area contributed by atoms with Crippen molar-refractivity contribution in [2.24, 2.45) is 0 Å². The van der Waals surface area contributed by atoms with Crippen LogP contribution < -0.4 is 9.64 Å². The van der Waals surface area contributed by atoms with Crippen LogP contribution in [0.1, 0.15) is 19.8 Å². The van der Waals surface area contributed by atoms with Crippen molar-refractivity contribution < 1.29 is 28.2 Å². The van der Waals surface area contributed by atoms with E-state index < -0.39 is 5.97 Å². The van der Waals surface area contributed by atoms with Crippen molar-refractivity contribution in [2.45, 2.75) is 24.7 Å². The van der Waals surface area contributed by atoms with Crippen molar-refractivity contribution in [1.82, 2.24) is 4.90 Å². The van der Waals surface area contributed by atoms with Crippen LogP contribution in [0, 0.1) is 5.82 Å². The van der Waals surface area contributed by atoms with Gasteiger partial charge in [0.1, 0.15) is 17.3 Å². The summed E-state index contributed by atoms with van der Waals surface area (Å²) in [7, 11) is 5.48. The second kappa shape index (κ2) is 11.7. The van der Waals surface area contributed by atoms with Gasteiger partial charge in [0.2, 0.25) is 5.76 Å². The van der Waals surface area contributed by atoms with Gasteiger partial charge < -0.3 is 24.0 Å². The number of likely N-dealkylation sites (N-methyl/N-ethyl adjacent to an activating group) is 1. The van der Waals surface area contributed by atoms with Gasteiger partial charge in [0, 0.05) is 31.3 Å². The van der Waals surface area contributed by atoms with Crippen LogP contribution in [0.15, 0.2) is 81.5 Å². The van der Waals surface area contributed by atoms with E-state index in [1.165, 1.54) is 30.8 Å². The number of thioether (sulfide) groups is 1. The molecule has 2 aromatic rings. The number of methoxy groups -OCH3 is 1. The molecule has 0 unspecified atom stereocenters. The minimum atomic E-state index is -0.565. The smallest absolute Gasteiger partial charge is 0.308 e. The van der Waals surface area contributed by atoms with E-state index in [1.54, 1.807) is 30.2 Å². The number of rotatable bonds is 8. The number of nitrogens with zero attached hydrogens (tertiary/aromatic N) is 2. The third kappa shape index (κ3) is 6.42. The fourth-order valence-electron chi connectivity index (χ4n) is 3.93. The molecule has 1 aliphatic heterocycles. The fourth-order valence-corrected chi connectivity index (χ4v) is 5.13. The van der Waals surface area contributed by atoms with E-state index in [9.17, 15) is 14.0 Å². The van der Waals surface area contributed by atoms with Gasteiger partial charge in [0.25, 0.3) is 5.91 Å². The van der Waals surface area contributed by atoms with Crippen molar-refractivity contribution in [3.8, 4) is 11.5 Å². The first kappa shape index (κ1) is 26.5. The maximum absolute atomic E-state index is 13.9. The highest BCUT2D eigenvalue weighted by atomic mass is 32.2. The van der Waals surface area contributed by atoms with Gasteiger partial charge in [0.05, 0.1) is 23.5 Å². The Hall–Kier alpha value is -3.56. The lowest BCUT2D eigenvalue weighted by Gasteiger charge is -2.25. The number of hydrogen-bond donors (Lipinski definition) is 0. The molecule has 1 amide bonds. The van der Waals surface area contributed by atoms with E-state index in [0.717, 1.165) is 16.2 Å². The molecule has 0 aromatic heterocycles. The highest BCUT2D eigenvalue weighted by Gasteiger charge is 2.34. The number of anilines is 1. The third-order valence-electron chi connectivity index (χ3n) is 5.81. The average molecular weight is 525 g/mol. The van der Waals surface area contributed by atoms with Gasteiger partial charge in [-0.3, -0.25) is 9.59 Å². The Morgan fingerprint density at radius 2 is 1.81 bits per heavy atom. The zero-order valence-electron chi connectivity index (χ0n) is 21.2. The van der Waals surface area contributed by atoms with Crippen LogP contribution in [0.5, 0.6) is 11.5 Å². The van der Waals surface area contributed by atoms with Gasteiger partial charge in [-0.1, -0.05) is 17.8 Å². The quantitative estimate of drug-likeness (QED) is 0.414. The Morgan fingerprint density at radius 1 is 1.08 bits per heavy atom. The maximum atomic E-state index is 13.9. The van der Waals surface area contributed by atoms with Gasteiger partial charge in [-0.2, -0.15) is 0 Å². The summed E-state index contributed by atoms with van der Waals surface area (Å²) in [5, 5.41) is 0. The summed E-state index contributed by atoms with van der Waals surface area (Å²) in [5.41, 5.74) is 1.56. The van der Waals surface area contributed by atoms with Crippen LogP contribution in [0.4, 0.5) is 10.1 Å². The van der Waals surface area contributed by atoms with Crippen LogP contribution in [-0.2, 0) is 19.1 Å². The molecular weight excluding hydrogens is 495 g/mol. The summed E-state index contributed by atoms with van der Waals surface area (Å²) in [6.45, 7) is 2.29. The Bertz CT molecular complexity index is 1280. The Labute approximate surface area is 220 Å². The lowest BCUT2D eigenvalue weighted by molar-refractivity contribution is -0.140. The first-order valence-corrected chi connectivity index (χ1v) is 12.7. The predicted molar refractivity (Wildman–Crippen MR) is 141 cm³/mol. The number of halogens is 1. The molecular formula is C28H29FN2O5S. The molecule has 7 nitrogen and oxygen atoms in total. The number of ether oxygens (including phenoxy) is 3. The molecule has 0 saturated heterocycles. The van der Waals surface area contributed by atoms with Crippen molar-refractivity contribution in [1.29, 1.82) is 0 Å². The Balaban J connectivity index is 1.81. The molecule has 0 radical (unpaired) electrons. The van der Waals surface area contributed by atoms with Gasteiger partial charge in [-0.05, 0) is 74.6 Å². The summed E-state index contributed by atoms with van der Waals surface area (Å²) in [6, 6.07) is 11.2. The standard InChI is InChI=1S/C28H29FN2O5S/c1-18(32)35-26-27(19-5-9-21(34-4)10-6-19)37-25-17-23(36-22-11-7-20(29)8-12-22)13-14-24(25)31(28(26)33)16-15-30(2)3/h5,7-9,11-14,17H,6,10,15-16H2,1-4H3. The van der Waals surface area contributed by atoms with Crippen molar-refractivity contribution in [2.75, 3.05) is 39.2 Å². The topological polar surface area (TPSA) is 68.3 Å². The minimum absolute atomic E-state index is 0.00831. The zero-order chi connectivity index (χ0) is 26.5. The number of fused-ring (bicyclic) bond motifs is 1. The molecule has 0 bridgehead atoms. The Kier molecular flexibility index (Phi) is 8.35. The van der Waals surface area contributed by atoms with Gasteiger partial charge in [-0.25, -0.2) is 4.39 Å². The van der Waals surface area contributed by atoms with E-state index in [-0.39, 0.29) is 17.5 Å². The molecule has 2 aromatic carbocycles. The molecule has 2 aliphatic rings. The molecule has 9 heteroatoms. The maximum Gasteiger partial charge on any atom is 0.308 e. The molecule has 1 aliphatic carbocycles. The Morgan fingerprint density at radius 3 is 2.43 bits per heavy atom. The van der Waals surface area contributed by atoms with Crippen LogP contribution in [0.25, 0.3) is 0 Å². The van der Waals surface area contributed by atoms with E-state index in [0.29, 0.717) is 48.0 Å². The van der Waals surface area contributed by atoms with Crippen LogP contribution >= 0.6 is 11.8 Å². The number of esters is 1. The first-order chi connectivity index (χ1) is 17.7. The molecule has 194 valence electrons. The molecule has 0 atom stereocenters. The largest absolute Gasteiger partial charge is 0.501 e. The third-order valence-corrected chi connectivity index (χ3v) is 7.01. The normalized spacial score (nSPS) is 15.6. The zero-order valence-corrected chi connectivity index (χ0v) is 22.1. The van der Waals surface area contributed by atoms with E-state index in [2.05, 4.69) is 0 Å². The van der Waals surface area contributed by atoms with Crippen molar-refractivity contribution in [3.63, 3.8) is 0 Å². The predicted octanol–water partition coefficient (Wildman–Crippen LogP) is 5.64. The molecule has 0 N–H and O–H groups in total. The summed E-state index contributed by atoms with van der Waals surface area (Å²) in [5.74, 6) is 0.577. The van der Waals surface area contributed by atoms with E-state index in [4.69, 9.17) is 14.2 Å². The monoisotopic (exact) mass is 524 g/mol. The molecule has 37 heavy (non-hydrogen) atoms. The number of hydrogen-bond acceptors (Lipinski definition) is 7. The van der Waals surface area contributed by atoms with Crippen LogP contribution in [0.2, 0.25) is 0 Å². The molecule has 1 heterocycles. The molecule has 0 spiro atoms. The number of carbonyl (C=O) groups excluding carboxylic acids is 2. The van der Waals surface area contributed by atoms with Gasteiger partial charge in [0.15, 0.2) is 0 Å². The summed E-state index contributed by atoms with van der Waals surface area (Å²) in [4.78, 5) is 30.9. The molecule has 0 saturated carbocycles. The van der Waals surface area contributed by atoms with Crippen molar-refractivity contribution in [3.05, 3.63) is 82.4 Å². The lowest BCUT2D eigenvalue weighted by Crippen LogP contribution is -2.38. The highest BCUT2D eigenvalue weighted by molar-refractivity contribution is 8.03.